The van der Waals surface area contributed by atoms with Crippen molar-refractivity contribution in [3.63, 3.8) is 0 Å². The smallest absolute Gasteiger partial charge is 0.0800 e. The van der Waals surface area contributed by atoms with E-state index in [1.54, 1.807) is 0 Å². The van der Waals surface area contributed by atoms with Crippen LogP contribution < -0.4 is 5.32 Å². The van der Waals surface area contributed by atoms with Gasteiger partial charge in [-0.25, -0.2) is 0 Å². The first kappa shape index (κ1) is 15.5. The molecule has 0 aliphatic heterocycles. The molecule has 1 aliphatic rings. The van der Waals surface area contributed by atoms with Gasteiger partial charge in [0.15, 0.2) is 0 Å². The van der Waals surface area contributed by atoms with Crippen LogP contribution in [0.5, 0.6) is 0 Å². The fourth-order valence-electron chi connectivity index (χ4n) is 2.79. The molecule has 0 heterocycles. The van der Waals surface area contributed by atoms with E-state index in [4.69, 9.17) is 0 Å². The lowest BCUT2D eigenvalue weighted by atomic mass is 9.89. The van der Waals surface area contributed by atoms with Crippen LogP contribution in [0.1, 0.15) is 39.2 Å². The van der Waals surface area contributed by atoms with E-state index in [9.17, 15) is 5.11 Å². The minimum atomic E-state index is -0.345. The third-order valence-electron chi connectivity index (χ3n) is 4.26. The van der Waals surface area contributed by atoms with Gasteiger partial charge >= 0.3 is 0 Å². The summed E-state index contributed by atoms with van der Waals surface area (Å²) in [7, 11) is 0. The lowest BCUT2D eigenvalue weighted by Crippen LogP contribution is -2.55. The molecule has 1 unspecified atom stereocenters. The van der Waals surface area contributed by atoms with Crippen LogP contribution in [0.3, 0.4) is 0 Å². The lowest BCUT2D eigenvalue weighted by molar-refractivity contribution is 0.0920. The Morgan fingerprint density at radius 2 is 1.95 bits per heavy atom. The second-order valence-electron chi connectivity index (χ2n) is 6.18. The zero-order chi connectivity index (χ0) is 14.6. The molecule has 0 amide bonds. The maximum Gasteiger partial charge on any atom is 0.0800 e. The molecule has 3 heteroatoms. The Hall–Kier alpha value is -0.900. The van der Waals surface area contributed by atoms with Crippen molar-refractivity contribution in [2.45, 2.75) is 51.2 Å². The number of benzene rings is 1. The Kier molecular flexibility index (Phi) is 5.19. The largest absolute Gasteiger partial charge is 0.394 e. The highest BCUT2D eigenvalue weighted by molar-refractivity contribution is 5.26. The average molecular weight is 276 g/mol. The van der Waals surface area contributed by atoms with Crippen molar-refractivity contribution in [2.75, 3.05) is 19.7 Å². The molecule has 0 aromatic heterocycles. The van der Waals surface area contributed by atoms with Crippen LogP contribution in [0.4, 0.5) is 0 Å². The molecule has 2 rings (SSSR count). The van der Waals surface area contributed by atoms with Gasteiger partial charge in [0, 0.05) is 18.6 Å². The molecule has 1 atom stereocenters. The van der Waals surface area contributed by atoms with Gasteiger partial charge in [-0.1, -0.05) is 37.3 Å². The third kappa shape index (κ3) is 3.60. The molecule has 1 aromatic carbocycles. The molecule has 0 bridgehead atoms. The highest BCUT2D eigenvalue weighted by Gasteiger charge is 2.38. The zero-order valence-corrected chi connectivity index (χ0v) is 13.0. The predicted molar refractivity (Wildman–Crippen MR) is 83.7 cm³/mol. The van der Waals surface area contributed by atoms with E-state index in [2.05, 4.69) is 55.3 Å². The molecule has 2 N–H and O–H groups in total. The molecular weight excluding hydrogens is 248 g/mol. The molecule has 0 spiro atoms. The molecule has 0 radical (unpaired) electrons. The zero-order valence-electron chi connectivity index (χ0n) is 13.0. The number of hydrogen-bond donors (Lipinski definition) is 2. The van der Waals surface area contributed by atoms with Gasteiger partial charge in [0.05, 0.1) is 12.1 Å². The monoisotopic (exact) mass is 276 g/mol. The molecular formula is C17H28N2O. The van der Waals surface area contributed by atoms with Crippen molar-refractivity contribution in [3.8, 4) is 0 Å². The maximum atomic E-state index is 10.1. The van der Waals surface area contributed by atoms with E-state index in [1.807, 2.05) is 6.07 Å². The Bertz CT molecular complexity index is 403. The van der Waals surface area contributed by atoms with Crippen molar-refractivity contribution in [3.05, 3.63) is 35.9 Å². The number of aliphatic hydroxyl groups excluding tert-OH is 1. The first-order chi connectivity index (χ1) is 9.61. The number of nitrogens with zero attached hydrogens (tertiary/aromatic N) is 1. The standard InChI is InChI=1S/C17H28N2O/c1-4-19(14(2)3)12-17(13-20,18-16-10-11-16)15-8-6-5-7-9-15/h5-9,14,16,18,20H,4,10-13H2,1-3H3. The van der Waals surface area contributed by atoms with Gasteiger partial charge in [-0.05, 0) is 38.8 Å². The second-order valence-corrected chi connectivity index (χ2v) is 6.18. The summed E-state index contributed by atoms with van der Waals surface area (Å²) in [5.41, 5.74) is 0.844. The van der Waals surface area contributed by atoms with Gasteiger partial charge < -0.3 is 10.4 Å². The van der Waals surface area contributed by atoms with Gasteiger partial charge in [0.1, 0.15) is 0 Å². The van der Waals surface area contributed by atoms with E-state index >= 15 is 0 Å². The SMILES string of the molecule is CCN(CC(CO)(NC1CC1)c1ccccc1)C(C)C. The van der Waals surface area contributed by atoms with Crippen LogP contribution >= 0.6 is 0 Å². The normalized spacial score (nSPS) is 18.5. The molecule has 1 aromatic rings. The summed E-state index contributed by atoms with van der Waals surface area (Å²) in [4.78, 5) is 2.42. The Balaban J connectivity index is 2.26. The quantitative estimate of drug-likeness (QED) is 0.765. The van der Waals surface area contributed by atoms with Crippen LogP contribution in [0.25, 0.3) is 0 Å². The van der Waals surface area contributed by atoms with Crippen molar-refractivity contribution >= 4 is 0 Å². The first-order valence-electron chi connectivity index (χ1n) is 7.79. The topological polar surface area (TPSA) is 35.5 Å². The number of rotatable bonds is 8. The van der Waals surface area contributed by atoms with Crippen LogP contribution in [0, 0.1) is 0 Å². The maximum absolute atomic E-state index is 10.1. The fraction of sp³-hybridized carbons (Fsp3) is 0.647. The van der Waals surface area contributed by atoms with Crippen LogP contribution in [0.2, 0.25) is 0 Å². The minimum absolute atomic E-state index is 0.136. The van der Waals surface area contributed by atoms with Crippen LogP contribution in [-0.2, 0) is 5.54 Å². The van der Waals surface area contributed by atoms with Crippen molar-refractivity contribution in [1.29, 1.82) is 0 Å². The van der Waals surface area contributed by atoms with E-state index in [0.717, 1.165) is 13.1 Å². The summed E-state index contributed by atoms with van der Waals surface area (Å²) >= 11 is 0. The Labute approximate surface area is 123 Å². The Morgan fingerprint density at radius 3 is 2.40 bits per heavy atom. The summed E-state index contributed by atoms with van der Waals surface area (Å²) in [6, 6.07) is 11.4. The Morgan fingerprint density at radius 1 is 1.30 bits per heavy atom. The second kappa shape index (κ2) is 6.70. The third-order valence-corrected chi connectivity index (χ3v) is 4.26. The number of aliphatic hydroxyl groups is 1. The number of likely N-dealkylation sites (N-methyl/N-ethyl adjacent to an activating group) is 1. The van der Waals surface area contributed by atoms with Crippen molar-refractivity contribution < 1.29 is 5.11 Å². The van der Waals surface area contributed by atoms with Gasteiger partial charge in [-0.2, -0.15) is 0 Å². The fourth-order valence-corrected chi connectivity index (χ4v) is 2.79. The van der Waals surface area contributed by atoms with E-state index in [1.165, 1.54) is 18.4 Å². The van der Waals surface area contributed by atoms with Gasteiger partial charge in [0.25, 0.3) is 0 Å². The van der Waals surface area contributed by atoms with Crippen LogP contribution in [-0.4, -0.2) is 41.8 Å². The number of hydrogen-bond acceptors (Lipinski definition) is 3. The summed E-state index contributed by atoms with van der Waals surface area (Å²) in [6.45, 7) is 8.60. The summed E-state index contributed by atoms with van der Waals surface area (Å²) in [6.07, 6.45) is 2.45. The predicted octanol–water partition coefficient (Wildman–Crippen LogP) is 2.36. The summed E-state index contributed by atoms with van der Waals surface area (Å²) in [5, 5.41) is 13.8. The molecule has 112 valence electrons. The molecule has 0 saturated heterocycles. The molecule has 1 fully saturated rings. The van der Waals surface area contributed by atoms with Gasteiger partial charge in [-0.3, -0.25) is 4.90 Å². The molecule has 3 nitrogen and oxygen atoms in total. The average Bonchev–Trinajstić information content (AvgIpc) is 3.28. The molecule has 20 heavy (non-hydrogen) atoms. The first-order valence-corrected chi connectivity index (χ1v) is 7.79. The molecule has 1 aliphatic carbocycles. The van der Waals surface area contributed by atoms with E-state index < -0.39 is 0 Å². The van der Waals surface area contributed by atoms with Gasteiger partial charge in [0.2, 0.25) is 0 Å². The molecule has 1 saturated carbocycles. The lowest BCUT2D eigenvalue weighted by Gasteiger charge is -2.40. The van der Waals surface area contributed by atoms with E-state index in [-0.39, 0.29) is 12.1 Å². The highest BCUT2D eigenvalue weighted by atomic mass is 16.3. The van der Waals surface area contributed by atoms with Crippen LogP contribution in [0.15, 0.2) is 30.3 Å². The summed E-state index contributed by atoms with van der Waals surface area (Å²) < 4.78 is 0. The van der Waals surface area contributed by atoms with Crippen molar-refractivity contribution in [2.24, 2.45) is 0 Å². The summed E-state index contributed by atoms with van der Waals surface area (Å²) in [5.74, 6) is 0. The van der Waals surface area contributed by atoms with Gasteiger partial charge in [-0.15, -0.1) is 0 Å². The minimum Gasteiger partial charge on any atom is -0.394 e. The van der Waals surface area contributed by atoms with Crippen molar-refractivity contribution in [1.82, 2.24) is 10.2 Å². The highest BCUT2D eigenvalue weighted by Crippen LogP contribution is 2.29. The van der Waals surface area contributed by atoms with E-state index in [0.29, 0.717) is 12.1 Å². The number of nitrogens with one attached hydrogen (secondary N) is 1.